The lowest BCUT2D eigenvalue weighted by molar-refractivity contribution is 0.0969. The first-order chi connectivity index (χ1) is 15.4. The summed E-state index contributed by atoms with van der Waals surface area (Å²) in [6, 6.07) is 14.6. The normalized spacial score (nSPS) is 15.7. The summed E-state index contributed by atoms with van der Waals surface area (Å²) in [5.41, 5.74) is 3.60. The van der Waals surface area contributed by atoms with Gasteiger partial charge in [-0.1, -0.05) is 56.3 Å². The van der Waals surface area contributed by atoms with E-state index in [0.29, 0.717) is 34.0 Å². The van der Waals surface area contributed by atoms with Gasteiger partial charge in [0, 0.05) is 6.07 Å². The first kappa shape index (κ1) is 20.2. The van der Waals surface area contributed by atoms with Crippen LogP contribution in [-0.2, 0) is 6.42 Å². The molecule has 0 bridgehead atoms. The summed E-state index contributed by atoms with van der Waals surface area (Å²) in [4.78, 5) is 28.7. The van der Waals surface area contributed by atoms with Gasteiger partial charge in [0.05, 0.1) is 17.0 Å². The average molecular weight is 428 g/mol. The minimum Gasteiger partial charge on any atom is -0.450 e. The third kappa shape index (κ3) is 3.06. The zero-order valence-corrected chi connectivity index (χ0v) is 18.5. The molecule has 6 heteroatoms. The summed E-state index contributed by atoms with van der Waals surface area (Å²) in [5, 5.41) is 4.55. The summed E-state index contributed by atoms with van der Waals surface area (Å²) in [7, 11) is 0. The number of hydrogen-bond acceptors (Lipinski definition) is 5. The van der Waals surface area contributed by atoms with Gasteiger partial charge in [-0.3, -0.25) is 14.5 Å². The highest BCUT2D eigenvalue weighted by molar-refractivity contribution is 6.10. The van der Waals surface area contributed by atoms with Crippen LogP contribution in [0.2, 0.25) is 0 Å². The largest absolute Gasteiger partial charge is 0.450 e. The fraction of sp³-hybridized carbons (Fsp3) is 0.269. The van der Waals surface area contributed by atoms with Crippen molar-refractivity contribution < 1.29 is 13.7 Å². The number of anilines is 1. The SMILES string of the molecule is CCc1ccc2oc3c(c(=O)c2c1)[C@H](c1ccc(C(C)C)cc1)N(c1cc(C)on1)C3=O. The third-order valence-electron chi connectivity index (χ3n) is 6.12. The lowest BCUT2D eigenvalue weighted by atomic mass is 9.95. The predicted molar refractivity (Wildman–Crippen MR) is 122 cm³/mol. The second-order valence-electron chi connectivity index (χ2n) is 8.55. The summed E-state index contributed by atoms with van der Waals surface area (Å²) >= 11 is 0. The van der Waals surface area contributed by atoms with Crippen LogP contribution in [0.25, 0.3) is 11.0 Å². The maximum Gasteiger partial charge on any atom is 0.296 e. The van der Waals surface area contributed by atoms with E-state index in [-0.39, 0.29) is 11.2 Å². The van der Waals surface area contributed by atoms with Crippen LogP contribution >= 0.6 is 0 Å². The van der Waals surface area contributed by atoms with E-state index in [1.165, 1.54) is 10.5 Å². The molecule has 1 amide bonds. The average Bonchev–Trinajstić information content (AvgIpc) is 3.34. The van der Waals surface area contributed by atoms with Crippen molar-refractivity contribution in [2.24, 2.45) is 0 Å². The van der Waals surface area contributed by atoms with Gasteiger partial charge in [0.25, 0.3) is 5.91 Å². The predicted octanol–water partition coefficient (Wildman–Crippen LogP) is 5.53. The fourth-order valence-corrected chi connectivity index (χ4v) is 4.32. The zero-order chi connectivity index (χ0) is 22.6. The van der Waals surface area contributed by atoms with Crippen LogP contribution in [0.3, 0.4) is 0 Å². The van der Waals surface area contributed by atoms with Gasteiger partial charge in [-0.15, -0.1) is 0 Å². The van der Waals surface area contributed by atoms with E-state index in [4.69, 9.17) is 8.94 Å². The van der Waals surface area contributed by atoms with E-state index >= 15 is 0 Å². The van der Waals surface area contributed by atoms with E-state index in [1.807, 2.05) is 43.3 Å². The Balaban J connectivity index is 1.77. The van der Waals surface area contributed by atoms with Gasteiger partial charge < -0.3 is 8.94 Å². The number of rotatable bonds is 4. The Bertz CT molecular complexity index is 1400. The number of carbonyl (C=O) groups excluding carboxylic acids is 1. The molecule has 0 aliphatic carbocycles. The number of fused-ring (bicyclic) bond motifs is 2. The van der Waals surface area contributed by atoms with Gasteiger partial charge in [-0.25, -0.2) is 0 Å². The van der Waals surface area contributed by atoms with Crippen molar-refractivity contribution in [1.29, 1.82) is 0 Å². The lowest BCUT2D eigenvalue weighted by Crippen LogP contribution is -2.29. The molecule has 0 radical (unpaired) electrons. The Morgan fingerprint density at radius 3 is 2.44 bits per heavy atom. The summed E-state index contributed by atoms with van der Waals surface area (Å²) in [6.45, 7) is 8.05. The van der Waals surface area contributed by atoms with E-state index in [2.05, 4.69) is 19.0 Å². The molecule has 0 fully saturated rings. The minimum absolute atomic E-state index is 0.0605. The van der Waals surface area contributed by atoms with Crippen molar-refractivity contribution >= 4 is 22.7 Å². The van der Waals surface area contributed by atoms with Gasteiger partial charge in [0.1, 0.15) is 11.3 Å². The van der Waals surface area contributed by atoms with Crippen molar-refractivity contribution in [3.05, 3.63) is 92.5 Å². The van der Waals surface area contributed by atoms with Gasteiger partial charge in [-0.2, -0.15) is 0 Å². The van der Waals surface area contributed by atoms with Crippen molar-refractivity contribution in [2.75, 3.05) is 4.90 Å². The molecule has 0 saturated heterocycles. The number of nitrogens with zero attached hydrogens (tertiary/aromatic N) is 2. The lowest BCUT2D eigenvalue weighted by Gasteiger charge is -2.22. The fourth-order valence-electron chi connectivity index (χ4n) is 4.32. The molecule has 6 nitrogen and oxygen atoms in total. The highest BCUT2D eigenvalue weighted by atomic mass is 16.5. The van der Waals surface area contributed by atoms with Crippen LogP contribution in [0.15, 0.2) is 62.3 Å². The van der Waals surface area contributed by atoms with E-state index < -0.39 is 11.9 Å². The second kappa shape index (κ2) is 7.48. The van der Waals surface area contributed by atoms with Crippen molar-refractivity contribution in [1.82, 2.24) is 5.16 Å². The van der Waals surface area contributed by atoms with Crippen molar-refractivity contribution in [2.45, 2.75) is 46.1 Å². The van der Waals surface area contributed by atoms with Crippen LogP contribution in [-0.4, -0.2) is 11.1 Å². The molecule has 162 valence electrons. The number of hydrogen-bond donors (Lipinski definition) is 0. The van der Waals surface area contributed by atoms with E-state index in [1.54, 1.807) is 19.1 Å². The molecule has 2 aromatic heterocycles. The van der Waals surface area contributed by atoms with Crippen LogP contribution in [0.5, 0.6) is 0 Å². The maximum absolute atomic E-state index is 13.7. The molecular formula is C26H24N2O4. The summed E-state index contributed by atoms with van der Waals surface area (Å²) < 4.78 is 11.3. The standard InChI is InChI=1S/C26H24N2O4/c1-5-16-6-11-20-19(13-16)24(29)22-23(18-9-7-17(8-10-18)14(2)3)28(26(30)25(22)31-20)21-12-15(4)32-27-21/h6-14,23H,5H2,1-4H3/t23-/m0/s1. The number of aryl methyl sites for hydroxylation is 2. The Kier molecular flexibility index (Phi) is 4.73. The first-order valence-electron chi connectivity index (χ1n) is 10.9. The van der Waals surface area contributed by atoms with Gasteiger partial charge in [0.2, 0.25) is 5.76 Å². The molecule has 0 saturated carbocycles. The molecule has 5 rings (SSSR count). The quantitative estimate of drug-likeness (QED) is 0.427. The molecule has 1 atom stereocenters. The number of benzene rings is 2. The summed E-state index contributed by atoms with van der Waals surface area (Å²) in [5.74, 6) is 0.969. The number of amides is 1. The van der Waals surface area contributed by atoms with Crippen molar-refractivity contribution in [3.63, 3.8) is 0 Å². The smallest absolute Gasteiger partial charge is 0.296 e. The Hall–Kier alpha value is -3.67. The van der Waals surface area contributed by atoms with Crippen LogP contribution in [0.1, 0.15) is 71.3 Å². The number of carbonyl (C=O) groups is 1. The Morgan fingerprint density at radius 2 is 1.81 bits per heavy atom. The topological polar surface area (TPSA) is 76.6 Å². The van der Waals surface area contributed by atoms with Crippen molar-refractivity contribution in [3.8, 4) is 0 Å². The molecule has 0 N–H and O–H groups in total. The molecule has 0 unspecified atom stereocenters. The Labute approximate surface area is 185 Å². The summed E-state index contributed by atoms with van der Waals surface area (Å²) in [6.07, 6.45) is 0.801. The second-order valence-corrected chi connectivity index (χ2v) is 8.55. The third-order valence-corrected chi connectivity index (χ3v) is 6.12. The highest BCUT2D eigenvalue weighted by Crippen LogP contribution is 2.41. The van der Waals surface area contributed by atoms with E-state index in [0.717, 1.165) is 17.5 Å². The highest BCUT2D eigenvalue weighted by Gasteiger charge is 2.44. The van der Waals surface area contributed by atoms with Crippen LogP contribution in [0.4, 0.5) is 5.82 Å². The zero-order valence-electron chi connectivity index (χ0n) is 18.5. The molecule has 1 aliphatic heterocycles. The van der Waals surface area contributed by atoms with E-state index in [9.17, 15) is 9.59 Å². The van der Waals surface area contributed by atoms with Gasteiger partial charge in [-0.05, 0) is 48.1 Å². The molecule has 0 spiro atoms. The van der Waals surface area contributed by atoms with Gasteiger partial charge in [0.15, 0.2) is 11.2 Å². The Morgan fingerprint density at radius 1 is 1.06 bits per heavy atom. The van der Waals surface area contributed by atoms with Gasteiger partial charge >= 0.3 is 0 Å². The monoisotopic (exact) mass is 428 g/mol. The minimum atomic E-state index is -0.644. The molecule has 1 aliphatic rings. The molecule has 4 aromatic rings. The van der Waals surface area contributed by atoms with Crippen LogP contribution in [0, 0.1) is 6.92 Å². The maximum atomic E-state index is 13.7. The molecule has 2 aromatic carbocycles. The molecule has 32 heavy (non-hydrogen) atoms. The number of aromatic nitrogens is 1. The van der Waals surface area contributed by atoms with Crippen LogP contribution < -0.4 is 10.3 Å². The molecule has 3 heterocycles. The first-order valence-corrected chi connectivity index (χ1v) is 10.9. The molecular weight excluding hydrogens is 404 g/mol.